The molecule has 196 valence electrons. The lowest BCUT2D eigenvalue weighted by atomic mass is 10.1. The third-order valence-electron chi connectivity index (χ3n) is 5.40. The fraction of sp³-hybridized carbons (Fsp3) is 0.440. The van der Waals surface area contributed by atoms with Crippen LogP contribution in [0.3, 0.4) is 0 Å². The first kappa shape index (κ1) is 29.7. The van der Waals surface area contributed by atoms with Crippen LogP contribution in [0.1, 0.15) is 36.4 Å². The Morgan fingerprint density at radius 2 is 1.36 bits per heavy atom. The Morgan fingerprint density at radius 1 is 0.833 bits per heavy atom. The number of halogens is 2. The van der Waals surface area contributed by atoms with Crippen molar-refractivity contribution in [2.24, 2.45) is 0 Å². The Balaban J connectivity index is 0.000000217. The summed E-state index contributed by atoms with van der Waals surface area (Å²) in [4.78, 5) is 22.1. The minimum atomic E-state index is -0.505. The van der Waals surface area contributed by atoms with Gasteiger partial charge in [0.25, 0.3) is 0 Å². The monoisotopic (exact) mass is 539 g/mol. The lowest BCUT2D eigenvalue weighted by Crippen LogP contribution is -2.41. The van der Waals surface area contributed by atoms with Gasteiger partial charge >= 0.3 is 0 Å². The van der Waals surface area contributed by atoms with Gasteiger partial charge < -0.3 is 9.47 Å². The van der Waals surface area contributed by atoms with E-state index in [1.54, 1.807) is 36.4 Å². The molecule has 0 amide bonds. The smallest absolute Gasteiger partial charge is 0.235 e. The average molecular weight is 540 g/mol. The molecule has 0 N–H and O–H groups in total. The molecule has 9 nitrogen and oxygen atoms in total. The number of nitrogens with zero attached hydrogens (tertiary/aromatic N) is 3. The van der Waals surface area contributed by atoms with E-state index in [4.69, 9.17) is 32.7 Å². The SMILES string of the molecule is C1CCOCC1.O=[N+]([O-])/C=C/c1ccc(Cl)cc1.O=[N+]([O-])CC(c1ccc(Cl)cc1)N1CCOCC1. The van der Waals surface area contributed by atoms with Gasteiger partial charge in [-0.05, 0) is 54.7 Å². The maximum absolute atomic E-state index is 10.8. The molecule has 0 radical (unpaired) electrons. The van der Waals surface area contributed by atoms with E-state index < -0.39 is 4.92 Å². The van der Waals surface area contributed by atoms with Crippen molar-refractivity contribution in [3.05, 3.63) is 96.1 Å². The zero-order chi connectivity index (χ0) is 26.2. The molecular formula is C25H31Cl2N3O6. The Kier molecular flexibility index (Phi) is 14.0. The first-order chi connectivity index (χ1) is 17.3. The summed E-state index contributed by atoms with van der Waals surface area (Å²) in [6.45, 7) is 4.60. The van der Waals surface area contributed by atoms with Gasteiger partial charge in [0.1, 0.15) is 6.04 Å². The van der Waals surface area contributed by atoms with E-state index in [9.17, 15) is 20.2 Å². The molecule has 1 unspecified atom stereocenters. The Hall–Kier alpha value is -2.56. The van der Waals surface area contributed by atoms with Crippen molar-refractivity contribution in [3.8, 4) is 0 Å². The summed E-state index contributed by atoms with van der Waals surface area (Å²) in [5.74, 6) is 0. The molecule has 36 heavy (non-hydrogen) atoms. The Labute approximate surface area is 220 Å². The maximum Gasteiger partial charge on any atom is 0.235 e. The highest BCUT2D eigenvalue weighted by Gasteiger charge is 2.26. The topological polar surface area (TPSA) is 108 Å². The summed E-state index contributed by atoms with van der Waals surface area (Å²) in [5.41, 5.74) is 1.69. The summed E-state index contributed by atoms with van der Waals surface area (Å²) in [7, 11) is 0. The molecule has 0 saturated carbocycles. The van der Waals surface area contributed by atoms with Crippen molar-refractivity contribution < 1.29 is 19.3 Å². The van der Waals surface area contributed by atoms with Gasteiger partial charge in [0, 0.05) is 47.3 Å². The van der Waals surface area contributed by atoms with Crippen LogP contribution in [0.4, 0.5) is 0 Å². The largest absolute Gasteiger partial charge is 0.381 e. The molecule has 2 fully saturated rings. The quantitative estimate of drug-likeness (QED) is 0.338. The number of ether oxygens (including phenoxy) is 2. The van der Waals surface area contributed by atoms with E-state index in [1.807, 2.05) is 12.1 Å². The van der Waals surface area contributed by atoms with Crippen LogP contribution in [-0.4, -0.2) is 60.8 Å². The van der Waals surface area contributed by atoms with Gasteiger partial charge in [0.2, 0.25) is 12.7 Å². The predicted molar refractivity (Wildman–Crippen MR) is 141 cm³/mol. The fourth-order valence-corrected chi connectivity index (χ4v) is 3.81. The maximum atomic E-state index is 10.8. The van der Waals surface area contributed by atoms with Crippen molar-refractivity contribution in [1.82, 2.24) is 4.90 Å². The molecule has 2 aromatic rings. The zero-order valence-electron chi connectivity index (χ0n) is 20.0. The molecule has 2 aliphatic heterocycles. The first-order valence-electron chi connectivity index (χ1n) is 11.7. The van der Waals surface area contributed by atoms with Gasteiger partial charge in [-0.2, -0.15) is 0 Å². The molecule has 0 spiro atoms. The summed E-state index contributed by atoms with van der Waals surface area (Å²) in [6, 6.07) is 13.8. The molecule has 0 aliphatic carbocycles. The van der Waals surface area contributed by atoms with Crippen LogP contribution in [0, 0.1) is 20.2 Å². The molecule has 0 bridgehead atoms. The van der Waals surface area contributed by atoms with Crippen LogP contribution in [-0.2, 0) is 9.47 Å². The van der Waals surface area contributed by atoms with E-state index in [-0.39, 0.29) is 17.5 Å². The van der Waals surface area contributed by atoms with E-state index in [0.717, 1.165) is 43.6 Å². The van der Waals surface area contributed by atoms with Crippen molar-refractivity contribution in [2.75, 3.05) is 46.1 Å². The predicted octanol–water partition coefficient (Wildman–Crippen LogP) is 5.76. The molecule has 2 saturated heterocycles. The number of morpholine rings is 1. The highest BCUT2D eigenvalue weighted by molar-refractivity contribution is 6.30. The second-order valence-electron chi connectivity index (χ2n) is 8.06. The molecule has 2 aliphatic rings. The van der Waals surface area contributed by atoms with Gasteiger partial charge in [-0.3, -0.25) is 25.1 Å². The number of benzene rings is 2. The van der Waals surface area contributed by atoms with E-state index >= 15 is 0 Å². The second kappa shape index (κ2) is 17.0. The fourth-order valence-electron chi connectivity index (χ4n) is 3.55. The normalized spacial score (nSPS) is 16.7. The highest BCUT2D eigenvalue weighted by Crippen LogP contribution is 2.23. The molecule has 0 aromatic heterocycles. The zero-order valence-corrected chi connectivity index (χ0v) is 21.5. The number of nitro groups is 2. The lowest BCUT2D eigenvalue weighted by Gasteiger charge is -2.32. The number of hydrogen-bond donors (Lipinski definition) is 0. The molecule has 2 aromatic carbocycles. The Bertz CT molecular complexity index is 936. The summed E-state index contributed by atoms with van der Waals surface area (Å²) in [6.07, 6.45) is 6.24. The van der Waals surface area contributed by atoms with Gasteiger partial charge in [0.05, 0.1) is 18.1 Å². The third kappa shape index (κ3) is 12.4. The van der Waals surface area contributed by atoms with Crippen LogP contribution < -0.4 is 0 Å². The van der Waals surface area contributed by atoms with Crippen molar-refractivity contribution >= 4 is 29.3 Å². The molecule has 1 atom stereocenters. The van der Waals surface area contributed by atoms with Crippen LogP contribution in [0.2, 0.25) is 10.0 Å². The minimum Gasteiger partial charge on any atom is -0.381 e. The van der Waals surface area contributed by atoms with E-state index in [1.165, 1.54) is 25.3 Å². The molecule has 11 heteroatoms. The molecule has 4 rings (SSSR count). The van der Waals surface area contributed by atoms with Crippen LogP contribution in [0.25, 0.3) is 6.08 Å². The average Bonchev–Trinajstić information content (AvgIpc) is 2.90. The van der Waals surface area contributed by atoms with Crippen molar-refractivity contribution in [2.45, 2.75) is 25.3 Å². The van der Waals surface area contributed by atoms with Crippen molar-refractivity contribution in [1.29, 1.82) is 0 Å². The summed E-state index contributed by atoms with van der Waals surface area (Å²) in [5, 5.41) is 22.0. The standard InChI is InChI=1S/C12H15ClN2O3.C8H6ClNO2.C5H10O/c13-11-3-1-10(2-4-11)12(9-15(16)17)14-5-7-18-8-6-14;9-8-3-1-7(2-4-8)5-6-10(11)12;1-2-4-6-5-3-1/h1-4,12H,5-9H2;1-6H;1-5H2/b;6-5+;. The van der Waals surface area contributed by atoms with Crippen LogP contribution in [0.15, 0.2) is 54.7 Å². The Morgan fingerprint density at radius 3 is 1.81 bits per heavy atom. The summed E-state index contributed by atoms with van der Waals surface area (Å²) < 4.78 is 10.3. The van der Waals surface area contributed by atoms with Crippen LogP contribution in [0.5, 0.6) is 0 Å². The van der Waals surface area contributed by atoms with Crippen LogP contribution >= 0.6 is 23.2 Å². The summed E-state index contributed by atoms with van der Waals surface area (Å²) >= 11 is 11.5. The van der Waals surface area contributed by atoms with Gasteiger partial charge in [-0.15, -0.1) is 0 Å². The van der Waals surface area contributed by atoms with Gasteiger partial charge in [0.15, 0.2) is 0 Å². The number of rotatable bonds is 6. The van der Waals surface area contributed by atoms with E-state index in [0.29, 0.717) is 23.3 Å². The van der Waals surface area contributed by atoms with E-state index in [2.05, 4.69) is 4.90 Å². The highest BCUT2D eigenvalue weighted by atomic mass is 35.5. The number of hydrogen-bond acceptors (Lipinski definition) is 7. The minimum absolute atomic E-state index is 0.0956. The first-order valence-corrected chi connectivity index (χ1v) is 12.4. The second-order valence-corrected chi connectivity index (χ2v) is 8.93. The molecular weight excluding hydrogens is 509 g/mol. The van der Waals surface area contributed by atoms with Gasteiger partial charge in [-0.25, -0.2) is 0 Å². The lowest BCUT2D eigenvalue weighted by molar-refractivity contribution is -0.488. The molecule has 2 heterocycles. The van der Waals surface area contributed by atoms with Gasteiger partial charge in [-0.1, -0.05) is 47.5 Å². The van der Waals surface area contributed by atoms with Crippen molar-refractivity contribution in [3.63, 3.8) is 0 Å². The third-order valence-corrected chi connectivity index (χ3v) is 5.90.